The highest BCUT2D eigenvalue weighted by Gasteiger charge is 2.44. The maximum Gasteiger partial charge on any atom is 0.586 e. The summed E-state index contributed by atoms with van der Waals surface area (Å²) in [6, 6.07) is 3.00. The molecule has 0 aliphatic carbocycles. The highest BCUT2D eigenvalue weighted by atomic mass is 19.3. The summed E-state index contributed by atoms with van der Waals surface area (Å²) >= 11 is 0. The summed E-state index contributed by atoms with van der Waals surface area (Å²) in [5.41, 5.74) is 0.730. The zero-order chi connectivity index (χ0) is 18.1. The van der Waals surface area contributed by atoms with Gasteiger partial charge in [0, 0.05) is 18.5 Å². The summed E-state index contributed by atoms with van der Waals surface area (Å²) in [5.74, 6) is 0.828. The van der Waals surface area contributed by atoms with E-state index in [4.69, 9.17) is 0 Å². The first kappa shape index (κ1) is 15.6. The van der Waals surface area contributed by atoms with Crippen LogP contribution in [0.15, 0.2) is 12.1 Å². The zero-order valence-corrected chi connectivity index (χ0v) is 13.7. The third kappa shape index (κ3) is 2.36. The first-order valence-corrected chi connectivity index (χ1v) is 8.21. The molecule has 0 radical (unpaired) electrons. The monoisotopic (exact) mass is 365 g/mol. The molecule has 0 N–H and O–H groups in total. The number of likely N-dealkylation sites (tertiary alicyclic amines) is 1. The molecule has 2 aromatic heterocycles. The molecule has 3 aromatic rings. The van der Waals surface area contributed by atoms with Gasteiger partial charge in [-0.3, -0.25) is 4.90 Å². The Hall–Kier alpha value is -2.62. The molecule has 2 aliphatic heterocycles. The molecule has 1 unspecified atom stereocenters. The van der Waals surface area contributed by atoms with Crippen LogP contribution in [0.1, 0.15) is 18.1 Å². The van der Waals surface area contributed by atoms with Gasteiger partial charge < -0.3 is 9.47 Å². The molecule has 136 valence electrons. The van der Waals surface area contributed by atoms with Crippen LogP contribution < -0.4 is 9.47 Å². The van der Waals surface area contributed by atoms with Crippen LogP contribution in [0.5, 0.6) is 11.5 Å². The van der Waals surface area contributed by atoms with Crippen molar-refractivity contribution in [3.05, 3.63) is 23.8 Å². The Morgan fingerprint density at radius 1 is 1.27 bits per heavy atom. The normalized spacial score (nSPS) is 21.9. The maximum atomic E-state index is 13.4. The van der Waals surface area contributed by atoms with E-state index in [1.165, 1.54) is 6.07 Å². The smallest absolute Gasteiger partial charge is 0.395 e. The number of nitrogens with zero attached hydrogens (tertiary/aromatic N) is 5. The second kappa shape index (κ2) is 5.19. The minimum atomic E-state index is -3.71. The van der Waals surface area contributed by atoms with Crippen molar-refractivity contribution in [2.75, 3.05) is 13.1 Å². The summed E-state index contributed by atoms with van der Waals surface area (Å²) < 4.78 is 50.8. The Labute approximate surface area is 145 Å². The minimum absolute atomic E-state index is 0.0652. The van der Waals surface area contributed by atoms with Gasteiger partial charge in [0.2, 0.25) is 0 Å². The average molecular weight is 365 g/mol. The summed E-state index contributed by atoms with van der Waals surface area (Å²) in [6.07, 6.45) is -4.03. The molecule has 7 nitrogen and oxygen atoms in total. The van der Waals surface area contributed by atoms with E-state index < -0.39 is 12.5 Å². The third-order valence-electron chi connectivity index (χ3n) is 4.60. The number of fused-ring (bicyclic) bond motifs is 5. The van der Waals surface area contributed by atoms with Gasteiger partial charge >= 0.3 is 6.29 Å². The molecular formula is C16H14F3N5O2. The molecule has 5 rings (SSSR count). The van der Waals surface area contributed by atoms with E-state index in [1.807, 2.05) is 4.90 Å². The highest BCUT2D eigenvalue weighted by Crippen LogP contribution is 2.45. The average Bonchev–Trinajstić information content (AvgIpc) is 3.24. The number of hydrogen-bond donors (Lipinski definition) is 0. The number of aryl methyl sites for hydroxylation is 1. The van der Waals surface area contributed by atoms with Crippen molar-refractivity contribution in [3.8, 4) is 11.5 Å². The topological polar surface area (TPSA) is 64.8 Å². The number of halogens is 3. The van der Waals surface area contributed by atoms with E-state index in [0.29, 0.717) is 48.7 Å². The van der Waals surface area contributed by atoms with E-state index in [0.717, 1.165) is 0 Å². The lowest BCUT2D eigenvalue weighted by Crippen LogP contribution is -2.26. The molecule has 1 saturated heterocycles. The zero-order valence-electron chi connectivity index (χ0n) is 13.7. The van der Waals surface area contributed by atoms with Crippen LogP contribution in [0.25, 0.3) is 16.6 Å². The molecule has 0 bridgehead atoms. The van der Waals surface area contributed by atoms with Crippen molar-refractivity contribution in [1.82, 2.24) is 24.5 Å². The predicted octanol–water partition coefficient (Wildman–Crippen LogP) is 2.45. The molecule has 10 heteroatoms. The van der Waals surface area contributed by atoms with Crippen LogP contribution in [-0.4, -0.2) is 50.0 Å². The van der Waals surface area contributed by atoms with E-state index in [-0.39, 0.29) is 17.0 Å². The number of ether oxygens (including phenoxy) is 2. The molecule has 1 aromatic carbocycles. The predicted molar refractivity (Wildman–Crippen MR) is 84.0 cm³/mol. The molecule has 0 saturated carbocycles. The molecule has 0 amide bonds. The molecule has 2 aliphatic rings. The van der Waals surface area contributed by atoms with Crippen LogP contribution >= 0.6 is 0 Å². The standard InChI is InChI=1S/C16H14F3N5O2/c1-8-20-13-10(2-3-11-14(13)26-16(18,19)25-11)15-21-12(22-24(8)15)7-23-5-4-9(17)6-23/h2-3,9H,4-7H2,1H3. The summed E-state index contributed by atoms with van der Waals surface area (Å²) in [7, 11) is 0. The van der Waals surface area contributed by atoms with Gasteiger partial charge in [0.1, 0.15) is 17.5 Å². The van der Waals surface area contributed by atoms with Crippen LogP contribution in [0.3, 0.4) is 0 Å². The van der Waals surface area contributed by atoms with Crippen molar-refractivity contribution >= 4 is 16.6 Å². The lowest BCUT2D eigenvalue weighted by Gasteiger charge is -2.10. The Bertz CT molecular complexity index is 1040. The van der Waals surface area contributed by atoms with Gasteiger partial charge in [0.05, 0.1) is 6.54 Å². The van der Waals surface area contributed by atoms with Gasteiger partial charge in [-0.25, -0.2) is 14.4 Å². The fourth-order valence-corrected chi connectivity index (χ4v) is 3.45. The van der Waals surface area contributed by atoms with Gasteiger partial charge in [-0.1, -0.05) is 0 Å². The number of hydrogen-bond acceptors (Lipinski definition) is 6. The van der Waals surface area contributed by atoms with Crippen molar-refractivity contribution in [3.63, 3.8) is 0 Å². The second-order valence-electron chi connectivity index (χ2n) is 6.50. The first-order chi connectivity index (χ1) is 12.4. The first-order valence-electron chi connectivity index (χ1n) is 8.21. The van der Waals surface area contributed by atoms with Crippen LogP contribution in [0.2, 0.25) is 0 Å². The molecule has 4 heterocycles. The molecule has 1 atom stereocenters. The molecular weight excluding hydrogens is 351 g/mol. The third-order valence-corrected chi connectivity index (χ3v) is 4.60. The van der Waals surface area contributed by atoms with Crippen molar-refractivity contribution in [1.29, 1.82) is 0 Å². The minimum Gasteiger partial charge on any atom is -0.395 e. The van der Waals surface area contributed by atoms with Crippen molar-refractivity contribution in [2.24, 2.45) is 0 Å². The fourth-order valence-electron chi connectivity index (χ4n) is 3.45. The van der Waals surface area contributed by atoms with E-state index in [2.05, 4.69) is 24.5 Å². The SMILES string of the molecule is Cc1nc2c3c(ccc2c2nc(CN4CCC(F)C4)nn12)OC(F)(F)O3. The largest absolute Gasteiger partial charge is 0.586 e. The van der Waals surface area contributed by atoms with Gasteiger partial charge in [0.15, 0.2) is 23.0 Å². The Kier molecular flexibility index (Phi) is 3.12. The fraction of sp³-hybridized carbons (Fsp3) is 0.438. The quantitative estimate of drug-likeness (QED) is 0.695. The van der Waals surface area contributed by atoms with Crippen molar-refractivity contribution in [2.45, 2.75) is 32.4 Å². The lowest BCUT2D eigenvalue weighted by molar-refractivity contribution is -0.286. The van der Waals surface area contributed by atoms with Gasteiger partial charge in [-0.05, 0) is 25.5 Å². The van der Waals surface area contributed by atoms with Crippen LogP contribution in [0, 0.1) is 6.92 Å². The van der Waals surface area contributed by atoms with Crippen LogP contribution in [0.4, 0.5) is 13.2 Å². The number of alkyl halides is 3. The number of aromatic nitrogens is 4. The van der Waals surface area contributed by atoms with E-state index in [1.54, 1.807) is 17.5 Å². The maximum absolute atomic E-state index is 13.4. The molecule has 0 spiro atoms. The van der Waals surface area contributed by atoms with Crippen molar-refractivity contribution < 1.29 is 22.6 Å². The molecule has 26 heavy (non-hydrogen) atoms. The Morgan fingerprint density at radius 3 is 2.88 bits per heavy atom. The summed E-state index contributed by atoms with van der Waals surface area (Å²) in [4.78, 5) is 10.8. The Balaban J connectivity index is 1.62. The van der Waals surface area contributed by atoms with Gasteiger partial charge in [0.25, 0.3) is 0 Å². The number of benzene rings is 1. The van der Waals surface area contributed by atoms with Gasteiger partial charge in [-0.2, -0.15) is 4.52 Å². The van der Waals surface area contributed by atoms with E-state index in [9.17, 15) is 13.2 Å². The molecule has 1 fully saturated rings. The van der Waals surface area contributed by atoms with Crippen LogP contribution in [-0.2, 0) is 6.54 Å². The highest BCUT2D eigenvalue weighted by molar-refractivity contribution is 5.96. The lowest BCUT2D eigenvalue weighted by atomic mass is 10.2. The number of rotatable bonds is 2. The Morgan fingerprint density at radius 2 is 2.12 bits per heavy atom. The summed E-state index contributed by atoms with van der Waals surface area (Å²) in [5, 5.41) is 4.96. The van der Waals surface area contributed by atoms with Gasteiger partial charge in [-0.15, -0.1) is 13.9 Å². The second-order valence-corrected chi connectivity index (χ2v) is 6.50. The van der Waals surface area contributed by atoms with E-state index >= 15 is 0 Å². The summed E-state index contributed by atoms with van der Waals surface area (Å²) in [6.45, 7) is 3.14.